The van der Waals surface area contributed by atoms with Gasteiger partial charge in [0.15, 0.2) is 0 Å². The summed E-state index contributed by atoms with van der Waals surface area (Å²) in [5.41, 5.74) is -0.668. The van der Waals surface area contributed by atoms with Crippen LogP contribution < -0.4 is 0 Å². The van der Waals surface area contributed by atoms with Crippen molar-refractivity contribution < 1.29 is 18.3 Å². The largest absolute Gasteiger partial charge is 0.416 e. The maximum absolute atomic E-state index is 12.9. The minimum Gasteiger partial charge on any atom is -0.388 e. The number of aliphatic hydroxyl groups excluding tert-OH is 1. The Morgan fingerprint density at radius 2 is 1.65 bits per heavy atom. The Morgan fingerprint density at radius 1 is 1.10 bits per heavy atom. The third-order valence-electron chi connectivity index (χ3n) is 3.21. The van der Waals surface area contributed by atoms with Crippen LogP contribution in [0.5, 0.6) is 0 Å². The molecule has 1 aromatic carbocycles. The second kappa shape index (κ2) is 6.17. The first-order chi connectivity index (χ1) is 9.00. The van der Waals surface area contributed by atoms with Crippen LogP contribution in [0, 0.1) is 11.3 Å². The Hall–Kier alpha value is -1.03. The van der Waals surface area contributed by atoms with Gasteiger partial charge in [0.25, 0.3) is 0 Å². The van der Waals surface area contributed by atoms with Crippen LogP contribution in [0.15, 0.2) is 24.3 Å². The zero-order chi connectivity index (χ0) is 15.6. The maximum Gasteiger partial charge on any atom is 0.416 e. The molecular weight excluding hydrogens is 265 g/mol. The fourth-order valence-corrected chi connectivity index (χ4v) is 2.68. The number of benzene rings is 1. The van der Waals surface area contributed by atoms with Crippen LogP contribution in [0.25, 0.3) is 0 Å². The Bertz CT molecular complexity index is 432. The molecule has 0 radical (unpaired) electrons. The van der Waals surface area contributed by atoms with Gasteiger partial charge < -0.3 is 5.11 Å². The van der Waals surface area contributed by atoms with Crippen LogP contribution >= 0.6 is 0 Å². The van der Waals surface area contributed by atoms with Crippen LogP contribution in [0.1, 0.15) is 57.8 Å². The van der Waals surface area contributed by atoms with E-state index in [4.69, 9.17) is 0 Å². The first kappa shape index (κ1) is 17.0. The molecule has 0 bridgehead atoms. The van der Waals surface area contributed by atoms with Crippen LogP contribution in [0.2, 0.25) is 0 Å². The lowest BCUT2D eigenvalue weighted by atomic mass is 9.82. The van der Waals surface area contributed by atoms with Crippen molar-refractivity contribution in [2.75, 3.05) is 0 Å². The number of alkyl halides is 3. The molecular formula is C16H23F3O. The highest BCUT2D eigenvalue weighted by atomic mass is 19.4. The van der Waals surface area contributed by atoms with E-state index in [1.54, 1.807) is 0 Å². The fraction of sp³-hybridized carbons (Fsp3) is 0.625. The molecule has 4 heteroatoms. The Balaban J connectivity index is 2.86. The fourth-order valence-electron chi connectivity index (χ4n) is 2.68. The molecule has 114 valence electrons. The first-order valence-corrected chi connectivity index (χ1v) is 6.85. The molecule has 1 N–H and O–H groups in total. The summed E-state index contributed by atoms with van der Waals surface area (Å²) in [4.78, 5) is 0. The SMILES string of the molecule is CC(CC(O)c1ccccc1C(F)(F)F)CC(C)(C)C. The van der Waals surface area contributed by atoms with Gasteiger partial charge in [0, 0.05) is 0 Å². The summed E-state index contributed by atoms with van der Waals surface area (Å²) in [6, 6.07) is 5.25. The van der Waals surface area contributed by atoms with Crippen molar-refractivity contribution in [3.8, 4) is 0 Å². The lowest BCUT2D eigenvalue weighted by molar-refractivity contribution is -0.139. The van der Waals surface area contributed by atoms with Gasteiger partial charge in [-0.2, -0.15) is 13.2 Å². The van der Waals surface area contributed by atoms with Gasteiger partial charge in [0.2, 0.25) is 0 Å². The molecule has 0 aliphatic heterocycles. The van der Waals surface area contributed by atoms with Gasteiger partial charge in [0.1, 0.15) is 0 Å². The van der Waals surface area contributed by atoms with Gasteiger partial charge in [-0.25, -0.2) is 0 Å². The third-order valence-corrected chi connectivity index (χ3v) is 3.21. The minimum atomic E-state index is -4.43. The predicted molar refractivity (Wildman–Crippen MR) is 74.3 cm³/mol. The summed E-state index contributed by atoms with van der Waals surface area (Å²) in [5, 5.41) is 10.1. The van der Waals surface area contributed by atoms with Gasteiger partial charge >= 0.3 is 6.18 Å². The lowest BCUT2D eigenvalue weighted by Gasteiger charge is -2.26. The lowest BCUT2D eigenvalue weighted by Crippen LogP contribution is -2.16. The molecule has 20 heavy (non-hydrogen) atoms. The normalized spacial score (nSPS) is 16.0. The van der Waals surface area contributed by atoms with E-state index < -0.39 is 17.8 Å². The summed E-state index contributed by atoms with van der Waals surface area (Å²) in [7, 11) is 0. The molecule has 1 nitrogen and oxygen atoms in total. The van der Waals surface area contributed by atoms with Gasteiger partial charge in [-0.1, -0.05) is 45.9 Å². The van der Waals surface area contributed by atoms with Gasteiger partial charge in [-0.05, 0) is 35.8 Å². The van der Waals surface area contributed by atoms with E-state index in [0.29, 0.717) is 6.42 Å². The molecule has 0 fully saturated rings. The highest BCUT2D eigenvalue weighted by molar-refractivity contribution is 5.31. The van der Waals surface area contributed by atoms with Crippen molar-refractivity contribution in [3.63, 3.8) is 0 Å². The number of halogens is 3. The number of hydrogen-bond acceptors (Lipinski definition) is 1. The predicted octanol–water partition coefficient (Wildman–Crippen LogP) is 5.20. The number of aliphatic hydroxyl groups is 1. The molecule has 0 aliphatic rings. The third kappa shape index (κ3) is 5.16. The van der Waals surface area contributed by atoms with E-state index in [2.05, 4.69) is 20.8 Å². The van der Waals surface area contributed by atoms with Crippen LogP contribution in [0.4, 0.5) is 13.2 Å². The molecule has 0 saturated carbocycles. The molecule has 2 unspecified atom stereocenters. The zero-order valence-electron chi connectivity index (χ0n) is 12.5. The molecule has 0 spiro atoms. The maximum atomic E-state index is 12.9. The monoisotopic (exact) mass is 288 g/mol. The number of hydrogen-bond donors (Lipinski definition) is 1. The Kier molecular flexibility index (Phi) is 5.25. The molecule has 0 aromatic heterocycles. The molecule has 0 aliphatic carbocycles. The highest BCUT2D eigenvalue weighted by Gasteiger charge is 2.34. The van der Waals surface area contributed by atoms with E-state index in [9.17, 15) is 18.3 Å². The molecule has 0 heterocycles. The molecule has 0 amide bonds. The van der Waals surface area contributed by atoms with Crippen molar-refractivity contribution in [1.82, 2.24) is 0 Å². The van der Waals surface area contributed by atoms with Crippen molar-refractivity contribution in [3.05, 3.63) is 35.4 Å². The first-order valence-electron chi connectivity index (χ1n) is 6.85. The average Bonchev–Trinajstić information content (AvgIpc) is 2.25. The summed E-state index contributed by atoms with van der Waals surface area (Å²) in [6.45, 7) is 8.21. The molecule has 2 atom stereocenters. The Labute approximate surface area is 118 Å². The van der Waals surface area contributed by atoms with Gasteiger partial charge in [0.05, 0.1) is 11.7 Å². The van der Waals surface area contributed by atoms with E-state index >= 15 is 0 Å². The smallest absolute Gasteiger partial charge is 0.388 e. The van der Waals surface area contributed by atoms with Crippen molar-refractivity contribution in [1.29, 1.82) is 0 Å². The van der Waals surface area contributed by atoms with E-state index in [1.807, 2.05) is 6.92 Å². The van der Waals surface area contributed by atoms with Crippen molar-refractivity contribution >= 4 is 0 Å². The summed E-state index contributed by atoms with van der Waals surface area (Å²) >= 11 is 0. The molecule has 0 saturated heterocycles. The second-order valence-corrected chi connectivity index (χ2v) is 6.71. The topological polar surface area (TPSA) is 20.2 Å². The quantitative estimate of drug-likeness (QED) is 0.807. The van der Waals surface area contributed by atoms with Gasteiger partial charge in [-0.3, -0.25) is 0 Å². The number of rotatable bonds is 4. The van der Waals surface area contributed by atoms with Crippen molar-refractivity contribution in [2.24, 2.45) is 11.3 Å². The molecule has 1 rings (SSSR count). The van der Waals surface area contributed by atoms with Crippen LogP contribution in [0.3, 0.4) is 0 Å². The summed E-state index contributed by atoms with van der Waals surface area (Å²) in [6.07, 6.45) is -4.31. The van der Waals surface area contributed by atoms with Crippen LogP contribution in [-0.2, 0) is 6.18 Å². The standard InChI is InChI=1S/C16H23F3O/c1-11(10-15(2,3)4)9-14(20)12-7-5-6-8-13(12)16(17,18)19/h5-8,11,14,20H,9-10H2,1-4H3. The summed E-state index contributed by atoms with van der Waals surface area (Å²) in [5.74, 6) is 0.159. The van der Waals surface area contributed by atoms with E-state index in [1.165, 1.54) is 18.2 Å². The van der Waals surface area contributed by atoms with Gasteiger partial charge in [-0.15, -0.1) is 0 Å². The zero-order valence-corrected chi connectivity index (χ0v) is 12.5. The summed E-state index contributed by atoms with van der Waals surface area (Å²) < 4.78 is 38.7. The van der Waals surface area contributed by atoms with E-state index in [-0.39, 0.29) is 16.9 Å². The second-order valence-electron chi connectivity index (χ2n) is 6.71. The highest BCUT2D eigenvalue weighted by Crippen LogP contribution is 2.37. The minimum absolute atomic E-state index is 0.0271. The van der Waals surface area contributed by atoms with E-state index in [0.717, 1.165) is 12.5 Å². The molecule has 1 aromatic rings. The average molecular weight is 288 g/mol. The van der Waals surface area contributed by atoms with Crippen molar-refractivity contribution in [2.45, 2.75) is 52.8 Å². The Morgan fingerprint density at radius 3 is 2.15 bits per heavy atom. The van der Waals surface area contributed by atoms with Crippen LogP contribution in [-0.4, -0.2) is 5.11 Å².